The Labute approximate surface area is 188 Å². The number of rotatable bonds is 5. The molecule has 1 aliphatic heterocycles. The van der Waals surface area contributed by atoms with Gasteiger partial charge in [0.1, 0.15) is 17.7 Å². The number of imide groups is 1. The van der Waals surface area contributed by atoms with Crippen LogP contribution in [-0.2, 0) is 9.59 Å². The van der Waals surface area contributed by atoms with Crippen LogP contribution in [0, 0.1) is 11.3 Å². The number of benzene rings is 1. The number of anilines is 3. The smallest absolute Gasteiger partial charge is 0.256 e. The zero-order chi connectivity index (χ0) is 22.4. The van der Waals surface area contributed by atoms with Gasteiger partial charge in [0.25, 0.3) is 5.91 Å². The molecule has 2 amide bonds. The topological polar surface area (TPSA) is 115 Å². The summed E-state index contributed by atoms with van der Waals surface area (Å²) in [6.07, 6.45) is 5.52. The average Bonchev–Trinajstić information content (AvgIpc) is 3.45. The van der Waals surface area contributed by atoms with Crippen molar-refractivity contribution in [2.75, 3.05) is 17.7 Å². The van der Waals surface area contributed by atoms with Crippen LogP contribution in [0.3, 0.4) is 0 Å². The van der Waals surface area contributed by atoms with Crippen molar-refractivity contribution in [1.82, 2.24) is 19.5 Å². The number of amides is 2. The van der Waals surface area contributed by atoms with Crippen LogP contribution in [0.15, 0.2) is 36.0 Å². The number of carbonyl (C=O) groups is 2. The lowest BCUT2D eigenvalue weighted by atomic mass is 10.1. The van der Waals surface area contributed by atoms with Gasteiger partial charge in [-0.2, -0.15) is 14.9 Å². The molecule has 2 aromatic heterocycles. The molecule has 3 aromatic rings. The van der Waals surface area contributed by atoms with Gasteiger partial charge in [-0.1, -0.05) is 11.6 Å². The van der Waals surface area contributed by atoms with Gasteiger partial charge in [-0.05, 0) is 37.1 Å². The summed E-state index contributed by atoms with van der Waals surface area (Å²) in [5.74, 6) is 0.761. The number of halogens is 1. The molecule has 1 aliphatic carbocycles. The number of fused-ring (bicyclic) bond motifs is 1. The van der Waals surface area contributed by atoms with E-state index in [0.717, 1.165) is 23.6 Å². The summed E-state index contributed by atoms with van der Waals surface area (Å²) in [5, 5.41) is 20.5. The molecule has 0 atom stereocenters. The lowest BCUT2D eigenvalue weighted by Gasteiger charge is -2.12. The number of hydrogen-bond donors (Lipinski definition) is 2. The van der Waals surface area contributed by atoms with Gasteiger partial charge in [0, 0.05) is 36.0 Å². The molecule has 1 saturated carbocycles. The Morgan fingerprint density at radius 3 is 2.75 bits per heavy atom. The van der Waals surface area contributed by atoms with Crippen LogP contribution < -0.4 is 10.6 Å². The maximum Gasteiger partial charge on any atom is 0.256 e. The van der Waals surface area contributed by atoms with Crippen LogP contribution in [0.2, 0.25) is 5.02 Å². The molecule has 5 rings (SSSR count). The third-order valence-corrected chi connectivity index (χ3v) is 5.73. The first-order valence-electron chi connectivity index (χ1n) is 10.1. The van der Waals surface area contributed by atoms with Crippen molar-refractivity contribution >= 4 is 52.5 Å². The Bertz CT molecular complexity index is 1350. The molecule has 0 spiro atoms. The summed E-state index contributed by atoms with van der Waals surface area (Å²) < 4.78 is 1.69. The van der Waals surface area contributed by atoms with Gasteiger partial charge in [0.2, 0.25) is 5.91 Å². The first-order chi connectivity index (χ1) is 15.4. The lowest BCUT2D eigenvalue weighted by molar-refractivity contribution is -0.135. The number of likely N-dealkylation sites (tertiary alicyclic amines) is 1. The summed E-state index contributed by atoms with van der Waals surface area (Å²) in [7, 11) is 1.47. The molecule has 2 aliphatic rings. The van der Waals surface area contributed by atoms with Gasteiger partial charge in [0.15, 0.2) is 5.65 Å². The van der Waals surface area contributed by atoms with E-state index in [9.17, 15) is 9.59 Å². The molecule has 2 N–H and O–H groups in total. The third-order valence-electron chi connectivity index (χ3n) is 5.42. The highest BCUT2D eigenvalue weighted by Crippen LogP contribution is 2.30. The van der Waals surface area contributed by atoms with Crippen molar-refractivity contribution in [2.45, 2.75) is 25.3 Å². The highest BCUT2D eigenvalue weighted by atomic mass is 35.5. The monoisotopic (exact) mass is 447 g/mol. The number of hydrogen-bond acceptors (Lipinski definition) is 7. The second-order valence-corrected chi connectivity index (χ2v) is 8.22. The van der Waals surface area contributed by atoms with Crippen LogP contribution >= 0.6 is 11.6 Å². The number of nitrogens with one attached hydrogen (secondary N) is 2. The normalized spacial score (nSPS) is 17.3. The predicted octanol–water partition coefficient (Wildman–Crippen LogP) is 3.34. The van der Waals surface area contributed by atoms with Crippen molar-refractivity contribution in [3.05, 3.63) is 52.2 Å². The van der Waals surface area contributed by atoms with Crippen LogP contribution in [0.25, 0.3) is 11.7 Å². The summed E-state index contributed by atoms with van der Waals surface area (Å²) in [6.45, 7) is 0. The minimum atomic E-state index is -0.313. The SMILES string of the molecule is CN1C(=O)C/C(=C\c2cnn3c(NC4CC4)cc(Nc4ccc(C#N)c(Cl)c4)nc23)C1=O. The molecule has 32 heavy (non-hydrogen) atoms. The van der Waals surface area contributed by atoms with Gasteiger partial charge in [0.05, 0.1) is 23.2 Å². The zero-order valence-corrected chi connectivity index (χ0v) is 17.8. The molecule has 0 unspecified atom stereocenters. The fraction of sp³-hybridized carbons (Fsp3) is 0.227. The largest absolute Gasteiger partial charge is 0.367 e. The molecule has 1 aromatic carbocycles. The van der Waals surface area contributed by atoms with E-state index in [4.69, 9.17) is 16.9 Å². The molecule has 0 bridgehead atoms. The Balaban J connectivity index is 1.56. The second-order valence-electron chi connectivity index (χ2n) is 7.82. The summed E-state index contributed by atoms with van der Waals surface area (Å²) in [5.41, 5.74) is 2.66. The molecule has 9 nitrogen and oxygen atoms in total. The highest BCUT2D eigenvalue weighted by Gasteiger charge is 2.31. The molecular weight excluding hydrogens is 430 g/mol. The van der Waals surface area contributed by atoms with Crippen molar-refractivity contribution < 1.29 is 9.59 Å². The van der Waals surface area contributed by atoms with E-state index in [0.29, 0.717) is 44.9 Å². The van der Waals surface area contributed by atoms with E-state index in [1.807, 2.05) is 12.1 Å². The second kappa shape index (κ2) is 7.66. The van der Waals surface area contributed by atoms with E-state index >= 15 is 0 Å². The standard InChI is InChI=1S/C22H18ClN7O2/c1-29-20(31)7-13(22(29)32)6-14-11-25-30-19(27-15-4-5-15)9-18(28-21(14)30)26-16-3-2-12(10-24)17(23)8-16/h2-3,6,8-9,11,15,27H,4-5,7H2,1H3,(H,26,28)/b13-6+. The van der Waals surface area contributed by atoms with Crippen LogP contribution in [0.1, 0.15) is 30.4 Å². The Morgan fingerprint density at radius 2 is 2.09 bits per heavy atom. The molecule has 0 radical (unpaired) electrons. The minimum Gasteiger partial charge on any atom is -0.367 e. The van der Waals surface area contributed by atoms with Gasteiger partial charge in [-0.15, -0.1) is 0 Å². The molecular formula is C22H18ClN7O2. The molecule has 3 heterocycles. The Kier molecular flexibility index (Phi) is 4.79. The van der Waals surface area contributed by atoms with E-state index in [2.05, 4.69) is 20.7 Å². The molecule has 10 heteroatoms. The Hall–Kier alpha value is -3.90. The van der Waals surface area contributed by atoms with E-state index in [1.54, 1.807) is 35.0 Å². The Morgan fingerprint density at radius 1 is 1.28 bits per heavy atom. The van der Waals surface area contributed by atoms with E-state index < -0.39 is 0 Å². The summed E-state index contributed by atoms with van der Waals surface area (Å²) >= 11 is 6.16. The molecule has 2 fully saturated rings. The van der Waals surface area contributed by atoms with Crippen LogP contribution in [-0.4, -0.2) is 44.4 Å². The number of nitrogens with zero attached hydrogens (tertiary/aromatic N) is 5. The zero-order valence-electron chi connectivity index (χ0n) is 17.1. The van der Waals surface area contributed by atoms with Crippen molar-refractivity contribution in [1.29, 1.82) is 5.26 Å². The highest BCUT2D eigenvalue weighted by molar-refractivity contribution is 6.32. The summed E-state index contributed by atoms with van der Waals surface area (Å²) in [4.78, 5) is 30.0. The van der Waals surface area contributed by atoms with Gasteiger partial charge >= 0.3 is 0 Å². The predicted molar refractivity (Wildman–Crippen MR) is 119 cm³/mol. The fourth-order valence-electron chi connectivity index (χ4n) is 3.50. The average molecular weight is 448 g/mol. The number of carbonyl (C=O) groups excluding carboxylic acids is 2. The van der Waals surface area contributed by atoms with Gasteiger partial charge < -0.3 is 10.6 Å². The van der Waals surface area contributed by atoms with Crippen molar-refractivity contribution in [3.8, 4) is 6.07 Å². The third kappa shape index (κ3) is 3.65. The first kappa shape index (κ1) is 20.0. The van der Waals surface area contributed by atoms with E-state index in [-0.39, 0.29) is 18.2 Å². The number of aromatic nitrogens is 3. The minimum absolute atomic E-state index is 0.0571. The lowest BCUT2D eigenvalue weighted by Crippen LogP contribution is -2.23. The summed E-state index contributed by atoms with van der Waals surface area (Å²) in [6, 6.07) is 9.32. The first-order valence-corrected chi connectivity index (χ1v) is 10.4. The maximum absolute atomic E-state index is 12.3. The molecule has 1 saturated heterocycles. The van der Waals surface area contributed by atoms with Gasteiger partial charge in [-0.25, -0.2) is 4.98 Å². The maximum atomic E-state index is 12.3. The number of nitriles is 1. The fourth-order valence-corrected chi connectivity index (χ4v) is 3.73. The molecule has 160 valence electrons. The van der Waals surface area contributed by atoms with Crippen LogP contribution in [0.5, 0.6) is 0 Å². The van der Waals surface area contributed by atoms with E-state index in [1.165, 1.54) is 7.05 Å². The number of likely N-dealkylation sites (N-methyl/N-ethyl adjacent to an activating group) is 1. The quantitative estimate of drug-likeness (QED) is 0.455. The van der Waals surface area contributed by atoms with Gasteiger partial charge in [-0.3, -0.25) is 14.5 Å². The van der Waals surface area contributed by atoms with Crippen molar-refractivity contribution in [3.63, 3.8) is 0 Å². The van der Waals surface area contributed by atoms with Crippen molar-refractivity contribution in [2.24, 2.45) is 0 Å². The van der Waals surface area contributed by atoms with Crippen LogP contribution in [0.4, 0.5) is 17.3 Å².